The van der Waals surface area contributed by atoms with Gasteiger partial charge in [0.1, 0.15) is 11.5 Å². The van der Waals surface area contributed by atoms with Crippen LogP contribution in [0.15, 0.2) is 22.6 Å². The van der Waals surface area contributed by atoms with Crippen LogP contribution >= 0.6 is 0 Å². The molecule has 9 nitrogen and oxygen atoms in total. The van der Waals surface area contributed by atoms with Gasteiger partial charge in [-0.2, -0.15) is 9.20 Å². The summed E-state index contributed by atoms with van der Waals surface area (Å²) in [6.07, 6.45) is 0.920. The molecule has 5 heterocycles. The highest BCUT2D eigenvalue weighted by Gasteiger charge is 2.26. The summed E-state index contributed by atoms with van der Waals surface area (Å²) in [5.74, 6) is 4.67. The van der Waals surface area contributed by atoms with Crippen LogP contribution in [0.4, 0.5) is 0 Å². The molecule has 27 heavy (non-hydrogen) atoms. The fourth-order valence-electron chi connectivity index (χ4n) is 3.43. The SMILES string of the molecule is Cc1cc(-c2nc([C@@H]3CCOC3)nn2-c2ccc3nnc(C)n3n2)c(C)o1. The van der Waals surface area contributed by atoms with Gasteiger partial charge in [0.15, 0.2) is 28.9 Å². The van der Waals surface area contributed by atoms with E-state index in [1.54, 1.807) is 9.20 Å². The lowest BCUT2D eigenvalue weighted by Crippen LogP contribution is -2.07. The maximum absolute atomic E-state index is 5.72. The number of hydrogen-bond donors (Lipinski definition) is 0. The van der Waals surface area contributed by atoms with Crippen molar-refractivity contribution in [1.29, 1.82) is 0 Å². The Kier molecular flexibility index (Phi) is 3.57. The molecule has 1 saturated heterocycles. The van der Waals surface area contributed by atoms with Crippen LogP contribution in [0.1, 0.15) is 35.5 Å². The molecule has 0 spiro atoms. The van der Waals surface area contributed by atoms with E-state index < -0.39 is 0 Å². The van der Waals surface area contributed by atoms with E-state index in [-0.39, 0.29) is 5.92 Å². The van der Waals surface area contributed by atoms with Gasteiger partial charge in [-0.05, 0) is 45.4 Å². The number of nitrogens with zero attached hydrogens (tertiary/aromatic N) is 7. The fourth-order valence-corrected chi connectivity index (χ4v) is 3.43. The van der Waals surface area contributed by atoms with Crippen LogP contribution in [0.3, 0.4) is 0 Å². The lowest BCUT2D eigenvalue weighted by atomic mass is 10.1. The maximum atomic E-state index is 5.72. The number of fused-ring (bicyclic) bond motifs is 1. The summed E-state index contributed by atoms with van der Waals surface area (Å²) in [6.45, 7) is 7.10. The maximum Gasteiger partial charge on any atom is 0.178 e. The third-order valence-electron chi connectivity index (χ3n) is 4.82. The van der Waals surface area contributed by atoms with Gasteiger partial charge in [-0.25, -0.2) is 4.98 Å². The smallest absolute Gasteiger partial charge is 0.178 e. The Morgan fingerprint density at radius 1 is 1.11 bits per heavy atom. The first-order valence-corrected chi connectivity index (χ1v) is 8.91. The van der Waals surface area contributed by atoms with Crippen molar-refractivity contribution < 1.29 is 9.15 Å². The summed E-state index contributed by atoms with van der Waals surface area (Å²) in [5, 5.41) is 17.6. The van der Waals surface area contributed by atoms with Crippen molar-refractivity contribution in [2.24, 2.45) is 0 Å². The number of aryl methyl sites for hydroxylation is 3. The highest BCUT2D eigenvalue weighted by Crippen LogP contribution is 2.30. The first-order chi connectivity index (χ1) is 13.1. The van der Waals surface area contributed by atoms with Gasteiger partial charge in [0, 0.05) is 12.5 Å². The molecule has 1 atom stereocenters. The summed E-state index contributed by atoms with van der Waals surface area (Å²) in [6, 6.07) is 5.73. The van der Waals surface area contributed by atoms with E-state index in [9.17, 15) is 0 Å². The van der Waals surface area contributed by atoms with E-state index in [2.05, 4.69) is 15.3 Å². The molecular formula is C18H19N7O2. The molecule has 138 valence electrons. The van der Waals surface area contributed by atoms with Gasteiger partial charge >= 0.3 is 0 Å². The highest BCUT2D eigenvalue weighted by atomic mass is 16.5. The summed E-state index contributed by atoms with van der Waals surface area (Å²) in [4.78, 5) is 4.83. The van der Waals surface area contributed by atoms with Gasteiger partial charge in [-0.3, -0.25) is 0 Å². The summed E-state index contributed by atoms with van der Waals surface area (Å²) < 4.78 is 14.7. The second-order valence-electron chi connectivity index (χ2n) is 6.80. The standard InChI is InChI=1S/C18H19N7O2/c1-10-8-14(11(2)27-10)18-19-17(13-6-7-26-9-13)23-25(18)16-5-4-15-21-20-12(3)24(15)22-16/h4-5,8,13H,6-7,9H2,1-3H3/t13-/m1/s1. The van der Waals surface area contributed by atoms with Gasteiger partial charge < -0.3 is 9.15 Å². The Hall–Kier alpha value is -3.07. The number of ether oxygens (including phenoxy) is 1. The second kappa shape index (κ2) is 5.98. The van der Waals surface area contributed by atoms with Gasteiger partial charge in [0.2, 0.25) is 0 Å². The van der Waals surface area contributed by atoms with E-state index in [0.29, 0.717) is 29.7 Å². The quantitative estimate of drug-likeness (QED) is 0.550. The van der Waals surface area contributed by atoms with E-state index in [1.165, 1.54) is 0 Å². The topological polar surface area (TPSA) is 96.2 Å². The highest BCUT2D eigenvalue weighted by molar-refractivity contribution is 5.60. The minimum Gasteiger partial charge on any atom is -0.466 e. The number of aromatic nitrogens is 7. The van der Waals surface area contributed by atoms with Crippen LogP contribution in [0.25, 0.3) is 22.9 Å². The Bertz CT molecular complexity index is 1130. The molecule has 1 aliphatic rings. The zero-order valence-electron chi connectivity index (χ0n) is 15.4. The number of furan rings is 1. The normalized spacial score (nSPS) is 17.2. The van der Waals surface area contributed by atoms with Crippen LogP contribution in [-0.4, -0.2) is 47.8 Å². The van der Waals surface area contributed by atoms with Gasteiger partial charge in [0.25, 0.3) is 0 Å². The zero-order valence-corrected chi connectivity index (χ0v) is 15.4. The van der Waals surface area contributed by atoms with Gasteiger partial charge in [-0.1, -0.05) is 0 Å². The monoisotopic (exact) mass is 365 g/mol. The largest absolute Gasteiger partial charge is 0.466 e. The van der Waals surface area contributed by atoms with Crippen molar-refractivity contribution >= 4 is 5.65 Å². The van der Waals surface area contributed by atoms with Crippen molar-refractivity contribution in [3.05, 3.63) is 41.4 Å². The molecule has 0 unspecified atom stereocenters. The molecule has 4 aromatic heterocycles. The second-order valence-corrected chi connectivity index (χ2v) is 6.80. The van der Waals surface area contributed by atoms with E-state index in [1.807, 2.05) is 39.0 Å². The predicted molar refractivity (Wildman–Crippen MR) is 95.8 cm³/mol. The Morgan fingerprint density at radius 2 is 2.00 bits per heavy atom. The number of rotatable bonds is 3. The first-order valence-electron chi connectivity index (χ1n) is 8.91. The van der Waals surface area contributed by atoms with E-state index >= 15 is 0 Å². The van der Waals surface area contributed by atoms with Crippen molar-refractivity contribution in [2.75, 3.05) is 13.2 Å². The molecule has 0 saturated carbocycles. The van der Waals surface area contributed by atoms with Gasteiger partial charge in [0.05, 0.1) is 12.2 Å². The molecule has 0 amide bonds. The zero-order chi connectivity index (χ0) is 18.5. The van der Waals surface area contributed by atoms with Crippen LogP contribution in [-0.2, 0) is 4.74 Å². The average molecular weight is 365 g/mol. The molecule has 0 N–H and O–H groups in total. The lowest BCUT2D eigenvalue weighted by molar-refractivity contribution is 0.193. The molecule has 9 heteroatoms. The summed E-state index contributed by atoms with van der Waals surface area (Å²) in [7, 11) is 0. The minimum absolute atomic E-state index is 0.193. The molecule has 1 fully saturated rings. The van der Waals surface area contributed by atoms with Crippen molar-refractivity contribution in [3.8, 4) is 17.2 Å². The minimum atomic E-state index is 0.193. The van der Waals surface area contributed by atoms with Crippen LogP contribution < -0.4 is 0 Å². The molecule has 0 aliphatic carbocycles. The van der Waals surface area contributed by atoms with Crippen LogP contribution in [0.5, 0.6) is 0 Å². The molecule has 0 radical (unpaired) electrons. The summed E-state index contributed by atoms with van der Waals surface area (Å²) >= 11 is 0. The molecule has 5 rings (SSSR count). The van der Waals surface area contributed by atoms with Crippen molar-refractivity contribution in [3.63, 3.8) is 0 Å². The Morgan fingerprint density at radius 3 is 2.74 bits per heavy atom. The number of hydrogen-bond acceptors (Lipinski definition) is 7. The predicted octanol–water partition coefficient (Wildman–Crippen LogP) is 2.39. The van der Waals surface area contributed by atoms with E-state index in [0.717, 1.165) is 35.9 Å². The Labute approximate surface area is 155 Å². The molecule has 0 aromatic carbocycles. The molecular weight excluding hydrogens is 346 g/mol. The third kappa shape index (κ3) is 2.62. The average Bonchev–Trinajstić information content (AvgIpc) is 3.42. The summed E-state index contributed by atoms with van der Waals surface area (Å²) in [5.41, 5.74) is 1.60. The fraction of sp³-hybridized carbons (Fsp3) is 0.389. The third-order valence-corrected chi connectivity index (χ3v) is 4.82. The first kappa shape index (κ1) is 16.1. The molecule has 0 bridgehead atoms. The Balaban J connectivity index is 1.70. The molecule has 4 aromatic rings. The van der Waals surface area contributed by atoms with Gasteiger partial charge in [-0.15, -0.1) is 20.4 Å². The van der Waals surface area contributed by atoms with E-state index in [4.69, 9.17) is 19.2 Å². The van der Waals surface area contributed by atoms with Crippen LogP contribution in [0.2, 0.25) is 0 Å². The molecule has 1 aliphatic heterocycles. The van der Waals surface area contributed by atoms with Crippen molar-refractivity contribution in [2.45, 2.75) is 33.1 Å². The van der Waals surface area contributed by atoms with Crippen molar-refractivity contribution in [1.82, 2.24) is 34.6 Å². The lowest BCUT2D eigenvalue weighted by Gasteiger charge is -2.05. The van der Waals surface area contributed by atoms with Crippen LogP contribution in [0, 0.1) is 20.8 Å².